The number of rotatable bonds is 7. The van der Waals surface area contributed by atoms with Crippen LogP contribution in [0, 0.1) is 0 Å². The number of carbonyl (C=O) groups excluding carboxylic acids is 1. The average molecular weight is 382 g/mol. The lowest BCUT2D eigenvalue weighted by atomic mass is 10.1. The van der Waals surface area contributed by atoms with Gasteiger partial charge in [0.2, 0.25) is 0 Å². The van der Waals surface area contributed by atoms with Gasteiger partial charge in [-0.05, 0) is 36.4 Å². The van der Waals surface area contributed by atoms with Crippen LogP contribution in [0.1, 0.15) is 35.8 Å². The van der Waals surface area contributed by atoms with Gasteiger partial charge in [0.1, 0.15) is 6.61 Å². The Morgan fingerprint density at radius 1 is 1.11 bits per heavy atom. The van der Waals surface area contributed by atoms with E-state index in [-0.39, 0.29) is 17.9 Å². The molecule has 0 saturated heterocycles. The second-order valence-corrected chi connectivity index (χ2v) is 7.08. The van der Waals surface area contributed by atoms with Crippen LogP contribution in [0.2, 0.25) is 0 Å². The molecule has 27 heavy (non-hydrogen) atoms. The van der Waals surface area contributed by atoms with Gasteiger partial charge in [0.25, 0.3) is 5.56 Å². The first-order valence-electron chi connectivity index (χ1n) is 8.94. The summed E-state index contributed by atoms with van der Waals surface area (Å²) in [7, 11) is 0. The summed E-state index contributed by atoms with van der Waals surface area (Å²) in [6, 6.07) is 14.9. The fourth-order valence-corrected chi connectivity index (χ4v) is 3.19. The van der Waals surface area contributed by atoms with E-state index in [4.69, 9.17) is 4.74 Å². The lowest BCUT2D eigenvalue weighted by Crippen LogP contribution is -2.26. The van der Waals surface area contributed by atoms with E-state index in [2.05, 4.69) is 5.10 Å². The summed E-state index contributed by atoms with van der Waals surface area (Å²) in [6.45, 7) is 2.69. The number of hydrogen-bond acceptors (Lipinski definition) is 5. The molecule has 0 radical (unpaired) electrons. The minimum Gasteiger partial charge on any atom is -0.456 e. The number of aromatic nitrogens is 2. The molecule has 0 N–H and O–H groups in total. The van der Waals surface area contributed by atoms with Crippen LogP contribution in [0.4, 0.5) is 0 Å². The lowest BCUT2D eigenvalue weighted by molar-refractivity contribution is 0.0465. The third-order valence-corrected chi connectivity index (χ3v) is 5.06. The van der Waals surface area contributed by atoms with Gasteiger partial charge >= 0.3 is 5.97 Å². The van der Waals surface area contributed by atoms with Crippen LogP contribution >= 0.6 is 11.8 Å². The fraction of sp³-hybridized carbons (Fsp3) is 0.286. The second kappa shape index (κ2) is 8.86. The molecule has 0 saturated carbocycles. The summed E-state index contributed by atoms with van der Waals surface area (Å²) in [6.07, 6.45) is 3.77. The van der Waals surface area contributed by atoms with Gasteiger partial charge in [0.05, 0.1) is 5.39 Å². The minimum atomic E-state index is -0.523. The smallest absolute Gasteiger partial charge is 0.359 e. The number of aryl methyl sites for hydroxylation is 1. The van der Waals surface area contributed by atoms with Crippen molar-refractivity contribution in [1.29, 1.82) is 0 Å². The van der Waals surface area contributed by atoms with Crippen molar-refractivity contribution in [1.82, 2.24) is 9.78 Å². The van der Waals surface area contributed by atoms with Crippen molar-refractivity contribution >= 4 is 28.5 Å². The third kappa shape index (κ3) is 4.39. The highest BCUT2D eigenvalue weighted by Gasteiger charge is 2.18. The highest BCUT2D eigenvalue weighted by Crippen LogP contribution is 2.17. The van der Waals surface area contributed by atoms with Crippen LogP contribution < -0.4 is 5.56 Å². The molecular formula is C21H22N2O3S. The Balaban J connectivity index is 1.88. The van der Waals surface area contributed by atoms with Gasteiger partial charge in [0, 0.05) is 16.8 Å². The second-order valence-electron chi connectivity index (χ2n) is 6.20. The first-order valence-corrected chi connectivity index (χ1v) is 10.2. The maximum atomic E-state index is 12.7. The number of nitrogens with zero attached hydrogens (tertiary/aromatic N) is 2. The third-order valence-electron chi connectivity index (χ3n) is 4.31. The number of benzene rings is 2. The van der Waals surface area contributed by atoms with Crippen LogP contribution in [0.3, 0.4) is 0 Å². The van der Waals surface area contributed by atoms with E-state index in [1.54, 1.807) is 36.0 Å². The first kappa shape index (κ1) is 19.2. The molecule has 0 spiro atoms. The quantitative estimate of drug-likeness (QED) is 0.451. The summed E-state index contributed by atoms with van der Waals surface area (Å²) < 4.78 is 6.84. The maximum absolute atomic E-state index is 12.7. The fourth-order valence-electron chi connectivity index (χ4n) is 2.78. The van der Waals surface area contributed by atoms with E-state index in [1.165, 1.54) is 4.68 Å². The molecule has 0 atom stereocenters. The Kier molecular flexibility index (Phi) is 6.29. The van der Waals surface area contributed by atoms with Crippen molar-refractivity contribution in [3.63, 3.8) is 0 Å². The number of unbranched alkanes of at least 4 members (excludes halogenated alkanes) is 1. The number of esters is 1. The maximum Gasteiger partial charge on any atom is 0.359 e. The van der Waals surface area contributed by atoms with Crippen LogP contribution in [0.5, 0.6) is 0 Å². The predicted molar refractivity (Wildman–Crippen MR) is 108 cm³/mol. The van der Waals surface area contributed by atoms with E-state index in [0.29, 0.717) is 17.3 Å². The molecule has 140 valence electrons. The summed E-state index contributed by atoms with van der Waals surface area (Å²) >= 11 is 1.66. The first-order chi connectivity index (χ1) is 13.1. The van der Waals surface area contributed by atoms with E-state index in [0.717, 1.165) is 23.3 Å². The molecule has 3 aromatic rings. The molecule has 0 amide bonds. The molecule has 5 nitrogen and oxygen atoms in total. The molecule has 1 aromatic heterocycles. The molecule has 1 heterocycles. The van der Waals surface area contributed by atoms with E-state index >= 15 is 0 Å². The Labute approximate surface area is 162 Å². The monoisotopic (exact) mass is 382 g/mol. The summed E-state index contributed by atoms with van der Waals surface area (Å²) in [5.41, 5.74) is 0.912. The molecule has 2 aromatic carbocycles. The summed E-state index contributed by atoms with van der Waals surface area (Å²) in [4.78, 5) is 26.4. The molecule has 0 aliphatic heterocycles. The normalized spacial score (nSPS) is 10.9. The van der Waals surface area contributed by atoms with Gasteiger partial charge in [-0.25, -0.2) is 9.48 Å². The molecule has 0 aliphatic carbocycles. The van der Waals surface area contributed by atoms with E-state index < -0.39 is 5.97 Å². The zero-order valence-electron chi connectivity index (χ0n) is 15.5. The van der Waals surface area contributed by atoms with Gasteiger partial charge in [-0.1, -0.05) is 43.7 Å². The number of carbonyl (C=O) groups is 1. The Morgan fingerprint density at radius 3 is 2.48 bits per heavy atom. The highest BCUT2D eigenvalue weighted by molar-refractivity contribution is 7.98. The van der Waals surface area contributed by atoms with Gasteiger partial charge in [-0.3, -0.25) is 4.79 Å². The number of ether oxygens (including phenoxy) is 1. The van der Waals surface area contributed by atoms with E-state index in [1.807, 2.05) is 37.4 Å². The molecule has 0 bridgehead atoms. The van der Waals surface area contributed by atoms with Gasteiger partial charge in [0.15, 0.2) is 5.69 Å². The van der Waals surface area contributed by atoms with Crippen LogP contribution in [0.25, 0.3) is 10.8 Å². The van der Waals surface area contributed by atoms with Crippen LogP contribution in [0.15, 0.2) is 58.2 Å². The SMILES string of the molecule is CCCCn1nc(C(=O)OCc2ccc(SC)cc2)c2ccccc2c1=O. The largest absolute Gasteiger partial charge is 0.456 e. The summed E-state index contributed by atoms with van der Waals surface area (Å²) in [5.74, 6) is -0.523. The Hall–Kier alpha value is -2.60. The molecule has 6 heteroatoms. The zero-order chi connectivity index (χ0) is 19.2. The van der Waals surface area contributed by atoms with Crippen LogP contribution in [-0.2, 0) is 17.9 Å². The van der Waals surface area contributed by atoms with Crippen molar-refractivity contribution in [2.24, 2.45) is 0 Å². The van der Waals surface area contributed by atoms with Gasteiger partial charge in [-0.15, -0.1) is 11.8 Å². The van der Waals surface area contributed by atoms with Crippen molar-refractivity contribution in [3.05, 3.63) is 70.1 Å². The summed E-state index contributed by atoms with van der Waals surface area (Å²) in [5, 5.41) is 5.32. The number of thioether (sulfide) groups is 1. The molecule has 0 aliphatic rings. The van der Waals surface area contributed by atoms with Crippen molar-refractivity contribution in [2.75, 3.05) is 6.26 Å². The van der Waals surface area contributed by atoms with Gasteiger partial charge in [-0.2, -0.15) is 5.10 Å². The molecule has 0 fully saturated rings. The Bertz CT molecular complexity index is 996. The standard InChI is InChI=1S/C21H22N2O3S/c1-3-4-13-23-20(24)18-8-6-5-7-17(18)19(22-23)21(25)26-14-15-9-11-16(27-2)12-10-15/h5-12H,3-4,13-14H2,1-2H3. The lowest BCUT2D eigenvalue weighted by Gasteiger charge is -2.11. The van der Waals surface area contributed by atoms with Crippen molar-refractivity contribution < 1.29 is 9.53 Å². The van der Waals surface area contributed by atoms with E-state index in [9.17, 15) is 9.59 Å². The zero-order valence-corrected chi connectivity index (χ0v) is 16.3. The minimum absolute atomic E-state index is 0.164. The molecule has 3 rings (SSSR count). The highest BCUT2D eigenvalue weighted by atomic mass is 32.2. The van der Waals surface area contributed by atoms with Crippen molar-refractivity contribution in [2.45, 2.75) is 37.8 Å². The average Bonchev–Trinajstić information content (AvgIpc) is 2.72. The molecule has 0 unspecified atom stereocenters. The van der Waals surface area contributed by atoms with Crippen LogP contribution in [-0.4, -0.2) is 22.0 Å². The number of hydrogen-bond donors (Lipinski definition) is 0. The molecular weight excluding hydrogens is 360 g/mol. The van der Waals surface area contributed by atoms with Gasteiger partial charge < -0.3 is 4.74 Å². The Morgan fingerprint density at radius 2 is 1.81 bits per heavy atom. The predicted octanol–water partition coefficient (Wildman–Crippen LogP) is 4.28. The topological polar surface area (TPSA) is 61.2 Å². The number of fused-ring (bicyclic) bond motifs is 1. The van der Waals surface area contributed by atoms with Crippen molar-refractivity contribution in [3.8, 4) is 0 Å².